The van der Waals surface area contributed by atoms with E-state index in [0.717, 1.165) is 71.6 Å². The van der Waals surface area contributed by atoms with Gasteiger partial charge in [0.25, 0.3) is 0 Å². The number of hydrogen-bond acceptors (Lipinski definition) is 7. The second-order valence-electron chi connectivity index (χ2n) is 9.27. The molecule has 9 heteroatoms. The van der Waals surface area contributed by atoms with Crippen LogP contribution in [0.15, 0.2) is 43.0 Å². The van der Waals surface area contributed by atoms with Gasteiger partial charge in [0.15, 0.2) is 0 Å². The number of hydrogen-bond donors (Lipinski definition) is 1. The summed E-state index contributed by atoms with van der Waals surface area (Å²) in [5.74, 6) is 1.74. The predicted octanol–water partition coefficient (Wildman–Crippen LogP) is 3.89. The van der Waals surface area contributed by atoms with Gasteiger partial charge in [0.05, 0.1) is 29.6 Å². The highest BCUT2D eigenvalue weighted by Crippen LogP contribution is 2.36. The van der Waals surface area contributed by atoms with Crippen LogP contribution in [-0.2, 0) is 13.6 Å². The maximum Gasteiger partial charge on any atom is 0.142 e. The summed E-state index contributed by atoms with van der Waals surface area (Å²) in [7, 11) is 7.91. The molecule has 4 heterocycles. The number of ether oxygens (including phenoxy) is 1. The van der Waals surface area contributed by atoms with Gasteiger partial charge in [-0.25, -0.2) is 4.98 Å². The molecule has 1 fully saturated rings. The number of pyridine rings is 2. The molecule has 0 spiro atoms. The Kier molecular flexibility index (Phi) is 6.19. The number of aryl methyl sites for hydroxylation is 1. The van der Waals surface area contributed by atoms with Gasteiger partial charge in [0, 0.05) is 56.2 Å². The molecule has 0 aromatic carbocycles. The van der Waals surface area contributed by atoms with E-state index < -0.39 is 0 Å². The molecular weight excluding hydrogens is 428 g/mol. The quantitative estimate of drug-likeness (QED) is 0.448. The summed E-state index contributed by atoms with van der Waals surface area (Å²) >= 11 is 0. The van der Waals surface area contributed by atoms with E-state index in [9.17, 15) is 0 Å². The third-order valence-corrected chi connectivity index (χ3v) is 6.42. The first kappa shape index (κ1) is 22.3. The molecule has 1 saturated carbocycles. The maximum absolute atomic E-state index is 6.42. The van der Waals surface area contributed by atoms with Crippen LogP contribution in [-0.4, -0.2) is 61.7 Å². The van der Waals surface area contributed by atoms with Crippen LogP contribution in [0.3, 0.4) is 0 Å². The average Bonchev–Trinajstić information content (AvgIpc) is 3.43. The van der Waals surface area contributed by atoms with Crippen LogP contribution in [0.4, 0.5) is 5.82 Å². The lowest BCUT2D eigenvalue weighted by Gasteiger charge is -2.30. The topological polar surface area (TPSA) is 85.9 Å². The van der Waals surface area contributed by atoms with Crippen molar-refractivity contribution in [3.63, 3.8) is 0 Å². The smallest absolute Gasteiger partial charge is 0.142 e. The minimum atomic E-state index is 0.190. The first-order valence-corrected chi connectivity index (χ1v) is 11.8. The van der Waals surface area contributed by atoms with Gasteiger partial charge < -0.3 is 15.0 Å². The molecule has 0 bridgehead atoms. The van der Waals surface area contributed by atoms with Crippen LogP contribution < -0.4 is 10.1 Å². The Morgan fingerprint density at radius 3 is 2.68 bits per heavy atom. The van der Waals surface area contributed by atoms with Crippen LogP contribution in [0.2, 0.25) is 0 Å². The molecule has 178 valence electrons. The Morgan fingerprint density at radius 2 is 1.97 bits per heavy atom. The second kappa shape index (κ2) is 9.42. The number of aromatic nitrogens is 6. The van der Waals surface area contributed by atoms with Crippen molar-refractivity contribution in [1.82, 2.24) is 34.4 Å². The predicted molar refractivity (Wildman–Crippen MR) is 133 cm³/mol. The number of fused-ring (bicyclic) bond motifs is 1. The van der Waals surface area contributed by atoms with Crippen LogP contribution in [0.5, 0.6) is 5.75 Å². The normalized spacial score (nSPS) is 18.5. The van der Waals surface area contributed by atoms with Crippen LogP contribution in [0, 0.1) is 0 Å². The van der Waals surface area contributed by atoms with Crippen molar-refractivity contribution in [2.75, 3.05) is 26.5 Å². The fraction of sp³-hybridized carbons (Fsp3) is 0.440. The molecule has 0 saturated heterocycles. The van der Waals surface area contributed by atoms with Gasteiger partial charge in [-0.3, -0.25) is 14.3 Å². The fourth-order valence-electron chi connectivity index (χ4n) is 4.74. The number of nitrogens with zero attached hydrogens (tertiary/aromatic N) is 7. The van der Waals surface area contributed by atoms with E-state index in [2.05, 4.69) is 36.0 Å². The maximum atomic E-state index is 6.42. The van der Waals surface area contributed by atoms with E-state index in [1.165, 1.54) is 0 Å². The summed E-state index contributed by atoms with van der Waals surface area (Å²) in [5.41, 5.74) is 4.02. The minimum Gasteiger partial charge on any atom is -0.488 e. The molecule has 5 rings (SSSR count). The first-order valence-electron chi connectivity index (χ1n) is 11.8. The van der Waals surface area contributed by atoms with E-state index in [1.807, 2.05) is 65.1 Å². The van der Waals surface area contributed by atoms with Crippen molar-refractivity contribution in [3.8, 4) is 17.0 Å². The van der Waals surface area contributed by atoms with Gasteiger partial charge in [-0.05, 0) is 51.9 Å². The molecule has 0 atom stereocenters. The standard InChI is InChI=1S/C25H32N8O/c1-26-24-12-22-20(14-28-24)25(17-13-29-32(4)15-17)30-33(22)18-7-9-19(10-8-18)34-23-6-5-11-27-21(23)16-31(2)3/h5-6,11-15,18-19H,7-10,16H2,1-4H3,(H,26,28)/t18-,19+. The molecule has 0 aliphatic heterocycles. The Hall–Kier alpha value is -3.46. The summed E-state index contributed by atoms with van der Waals surface area (Å²) in [6.07, 6.45) is 11.8. The summed E-state index contributed by atoms with van der Waals surface area (Å²) in [6.45, 7) is 0.768. The third-order valence-electron chi connectivity index (χ3n) is 6.42. The van der Waals surface area contributed by atoms with Crippen LogP contribution in [0.25, 0.3) is 22.2 Å². The van der Waals surface area contributed by atoms with Gasteiger partial charge in [0.1, 0.15) is 17.3 Å². The first-order chi connectivity index (χ1) is 16.5. The number of rotatable bonds is 7. The lowest BCUT2D eigenvalue weighted by atomic mass is 9.93. The summed E-state index contributed by atoms with van der Waals surface area (Å²) in [4.78, 5) is 11.2. The third kappa shape index (κ3) is 4.48. The zero-order valence-corrected chi connectivity index (χ0v) is 20.3. The molecule has 0 amide bonds. The molecule has 1 aliphatic carbocycles. The van der Waals surface area contributed by atoms with Gasteiger partial charge in [-0.15, -0.1) is 0 Å². The van der Waals surface area contributed by atoms with E-state index in [0.29, 0.717) is 6.04 Å². The zero-order chi connectivity index (χ0) is 23.7. The van der Waals surface area contributed by atoms with Crippen molar-refractivity contribution >= 4 is 16.7 Å². The zero-order valence-electron chi connectivity index (χ0n) is 20.3. The lowest BCUT2D eigenvalue weighted by Crippen LogP contribution is -2.27. The molecular formula is C25H32N8O. The highest BCUT2D eigenvalue weighted by atomic mass is 16.5. The van der Waals surface area contributed by atoms with Gasteiger partial charge in [-0.2, -0.15) is 10.2 Å². The summed E-state index contributed by atoms with van der Waals surface area (Å²) in [6, 6.07) is 6.39. The molecule has 34 heavy (non-hydrogen) atoms. The van der Waals surface area contributed by atoms with E-state index in [-0.39, 0.29) is 6.10 Å². The molecule has 4 aromatic rings. The van der Waals surface area contributed by atoms with E-state index in [1.54, 1.807) is 4.68 Å². The lowest BCUT2D eigenvalue weighted by molar-refractivity contribution is 0.128. The molecule has 4 aromatic heterocycles. The Morgan fingerprint density at radius 1 is 1.15 bits per heavy atom. The molecule has 1 aliphatic rings. The van der Waals surface area contributed by atoms with Gasteiger partial charge in [-0.1, -0.05) is 0 Å². The van der Waals surface area contributed by atoms with Gasteiger partial charge in [0.2, 0.25) is 0 Å². The number of nitrogens with one attached hydrogen (secondary N) is 1. The van der Waals surface area contributed by atoms with Crippen molar-refractivity contribution in [3.05, 3.63) is 48.7 Å². The Balaban J connectivity index is 1.37. The fourth-order valence-corrected chi connectivity index (χ4v) is 4.74. The highest BCUT2D eigenvalue weighted by Gasteiger charge is 2.27. The van der Waals surface area contributed by atoms with Crippen molar-refractivity contribution in [1.29, 1.82) is 0 Å². The average molecular weight is 461 g/mol. The van der Waals surface area contributed by atoms with Crippen molar-refractivity contribution in [2.24, 2.45) is 7.05 Å². The molecule has 0 unspecified atom stereocenters. The summed E-state index contributed by atoms with van der Waals surface area (Å²) < 4.78 is 10.4. The Labute approximate surface area is 199 Å². The van der Waals surface area contributed by atoms with Crippen LogP contribution >= 0.6 is 0 Å². The monoisotopic (exact) mass is 460 g/mol. The second-order valence-corrected chi connectivity index (χ2v) is 9.27. The summed E-state index contributed by atoms with van der Waals surface area (Å²) in [5, 5.41) is 13.6. The van der Waals surface area contributed by atoms with E-state index >= 15 is 0 Å². The van der Waals surface area contributed by atoms with Crippen molar-refractivity contribution in [2.45, 2.75) is 44.4 Å². The largest absolute Gasteiger partial charge is 0.488 e. The molecule has 9 nitrogen and oxygen atoms in total. The highest BCUT2D eigenvalue weighted by molar-refractivity contribution is 5.93. The van der Waals surface area contributed by atoms with Gasteiger partial charge >= 0.3 is 0 Å². The van der Waals surface area contributed by atoms with Crippen molar-refractivity contribution < 1.29 is 4.74 Å². The Bertz CT molecular complexity index is 1270. The molecule has 1 N–H and O–H groups in total. The molecule has 0 radical (unpaired) electrons. The van der Waals surface area contributed by atoms with Crippen LogP contribution in [0.1, 0.15) is 37.4 Å². The van der Waals surface area contributed by atoms with E-state index in [4.69, 9.17) is 9.84 Å². The minimum absolute atomic E-state index is 0.190. The number of anilines is 1. The SMILES string of the molecule is CNc1cc2c(cn1)c(-c1cnn(C)c1)nn2[C@H]1CC[C@@H](Oc2cccnc2CN(C)C)CC1.